The van der Waals surface area contributed by atoms with Crippen molar-refractivity contribution in [2.24, 2.45) is 0 Å². The van der Waals surface area contributed by atoms with Crippen molar-refractivity contribution < 1.29 is 23.4 Å². The quantitative estimate of drug-likeness (QED) is 0.739. The molecule has 1 fully saturated rings. The highest BCUT2D eigenvalue weighted by molar-refractivity contribution is 5.70. The zero-order chi connectivity index (χ0) is 19.9. The van der Waals surface area contributed by atoms with Gasteiger partial charge >= 0.3 is 6.18 Å². The van der Waals surface area contributed by atoms with Crippen molar-refractivity contribution >= 4 is 5.82 Å². The number of halogens is 3. The Morgan fingerprint density at radius 3 is 2.46 bits per heavy atom. The average molecular weight is 394 g/mol. The van der Waals surface area contributed by atoms with Gasteiger partial charge in [-0.1, -0.05) is 12.8 Å². The molecule has 6 nitrogen and oxygen atoms in total. The molecule has 4 rings (SSSR count). The standard InChI is InChI=1S/C19H21F3N4O2/c20-19(21,22)10-8-15(28)17(23-9-10)16-11-4-3-5-12(11)18(26-25-16)24-13-6-1-2-7-14(13)27/h8-9,13-14,27-28H,1-7H2,(H,24,26)/t13-,14-/m1/s1. The number of aliphatic hydroxyl groups excluding tert-OH is 1. The van der Waals surface area contributed by atoms with E-state index in [1.807, 2.05) is 0 Å². The fraction of sp³-hybridized carbons (Fsp3) is 0.526. The van der Waals surface area contributed by atoms with E-state index in [-0.39, 0.29) is 11.7 Å². The van der Waals surface area contributed by atoms with E-state index in [1.54, 1.807) is 0 Å². The van der Waals surface area contributed by atoms with Gasteiger partial charge in [0.05, 0.1) is 17.7 Å². The number of fused-ring (bicyclic) bond motifs is 1. The van der Waals surface area contributed by atoms with Crippen molar-refractivity contribution in [2.45, 2.75) is 63.3 Å². The maximum atomic E-state index is 12.8. The minimum Gasteiger partial charge on any atom is -0.506 e. The molecule has 2 aliphatic rings. The molecule has 3 N–H and O–H groups in total. The van der Waals surface area contributed by atoms with Crippen molar-refractivity contribution in [1.29, 1.82) is 0 Å². The Balaban J connectivity index is 1.68. The molecule has 0 radical (unpaired) electrons. The van der Waals surface area contributed by atoms with Gasteiger partial charge in [-0.3, -0.25) is 0 Å². The molecule has 2 aliphatic carbocycles. The van der Waals surface area contributed by atoms with Crippen molar-refractivity contribution in [1.82, 2.24) is 15.2 Å². The second-order valence-corrected chi connectivity index (χ2v) is 7.40. The zero-order valence-electron chi connectivity index (χ0n) is 15.1. The first-order valence-corrected chi connectivity index (χ1v) is 9.44. The summed E-state index contributed by atoms with van der Waals surface area (Å²) in [6, 6.07) is 0.576. The SMILES string of the molecule is Oc1cc(C(F)(F)F)cnc1-c1nnc(N[C@@H]2CCCC[C@H]2O)c2c1CCC2. The third-order valence-corrected chi connectivity index (χ3v) is 5.51. The first-order valence-electron chi connectivity index (χ1n) is 9.44. The van der Waals surface area contributed by atoms with Crippen LogP contribution in [0.25, 0.3) is 11.4 Å². The van der Waals surface area contributed by atoms with Gasteiger partial charge < -0.3 is 15.5 Å². The number of hydrogen-bond acceptors (Lipinski definition) is 6. The maximum Gasteiger partial charge on any atom is 0.418 e. The lowest BCUT2D eigenvalue weighted by Crippen LogP contribution is -2.37. The number of aromatic nitrogens is 3. The molecule has 0 unspecified atom stereocenters. The van der Waals surface area contributed by atoms with Gasteiger partial charge in [-0.2, -0.15) is 13.2 Å². The fourth-order valence-electron chi connectivity index (χ4n) is 4.04. The lowest BCUT2D eigenvalue weighted by molar-refractivity contribution is -0.137. The smallest absolute Gasteiger partial charge is 0.418 e. The van der Waals surface area contributed by atoms with Gasteiger partial charge in [0.15, 0.2) is 5.82 Å². The Hall–Kier alpha value is -2.42. The Morgan fingerprint density at radius 1 is 1.00 bits per heavy atom. The zero-order valence-corrected chi connectivity index (χ0v) is 15.1. The monoisotopic (exact) mass is 394 g/mol. The molecule has 9 heteroatoms. The molecule has 0 aliphatic heterocycles. The van der Waals surface area contributed by atoms with Crippen LogP contribution in [0.3, 0.4) is 0 Å². The Bertz CT molecular complexity index is 888. The highest BCUT2D eigenvalue weighted by atomic mass is 19.4. The molecule has 0 spiro atoms. The molecule has 0 saturated heterocycles. The fourth-order valence-corrected chi connectivity index (χ4v) is 4.04. The highest BCUT2D eigenvalue weighted by Crippen LogP contribution is 2.39. The molecule has 2 atom stereocenters. The van der Waals surface area contributed by atoms with Crippen LogP contribution in [0.2, 0.25) is 0 Å². The van der Waals surface area contributed by atoms with Gasteiger partial charge in [-0.05, 0) is 43.7 Å². The Labute approximate surface area is 159 Å². The van der Waals surface area contributed by atoms with Gasteiger partial charge in [0, 0.05) is 11.8 Å². The van der Waals surface area contributed by atoms with Gasteiger partial charge in [-0.25, -0.2) is 4.98 Å². The van der Waals surface area contributed by atoms with Crippen LogP contribution in [0.15, 0.2) is 12.3 Å². The van der Waals surface area contributed by atoms with Crippen molar-refractivity contribution in [2.75, 3.05) is 5.32 Å². The topological polar surface area (TPSA) is 91.2 Å². The predicted octanol–water partition coefficient (Wildman–Crippen LogP) is 3.47. The summed E-state index contributed by atoms with van der Waals surface area (Å²) in [5.41, 5.74) is 1.08. The molecular formula is C19H21F3N4O2. The van der Waals surface area contributed by atoms with Crippen LogP contribution in [-0.2, 0) is 19.0 Å². The summed E-state index contributed by atoms with van der Waals surface area (Å²) in [5.74, 6) is 0.0373. The number of anilines is 1. The molecule has 0 amide bonds. The summed E-state index contributed by atoms with van der Waals surface area (Å²) < 4.78 is 38.5. The molecule has 1 saturated carbocycles. The van der Waals surface area contributed by atoms with Crippen LogP contribution in [0.4, 0.5) is 19.0 Å². The molecule has 2 heterocycles. The number of pyridine rings is 1. The number of aliphatic hydroxyl groups is 1. The molecule has 2 aromatic rings. The minimum atomic E-state index is -4.58. The first kappa shape index (κ1) is 18.9. The minimum absolute atomic E-state index is 0.00269. The molecule has 150 valence electrons. The van der Waals surface area contributed by atoms with Crippen LogP contribution in [0.5, 0.6) is 5.75 Å². The van der Waals surface area contributed by atoms with Crippen LogP contribution in [0.1, 0.15) is 48.8 Å². The van der Waals surface area contributed by atoms with Crippen LogP contribution in [0, 0.1) is 0 Å². The summed E-state index contributed by atoms with van der Waals surface area (Å²) in [5, 5.41) is 32.0. The van der Waals surface area contributed by atoms with E-state index in [0.717, 1.165) is 49.7 Å². The summed E-state index contributed by atoms with van der Waals surface area (Å²) in [6.45, 7) is 0. The van der Waals surface area contributed by atoms with Crippen molar-refractivity contribution in [3.05, 3.63) is 29.0 Å². The normalized spacial score (nSPS) is 22.1. The number of hydrogen-bond donors (Lipinski definition) is 3. The van der Waals surface area contributed by atoms with Crippen LogP contribution >= 0.6 is 0 Å². The summed E-state index contributed by atoms with van der Waals surface area (Å²) in [6.07, 6.45) is 1.61. The van der Waals surface area contributed by atoms with Gasteiger partial charge in [-0.15, -0.1) is 10.2 Å². The van der Waals surface area contributed by atoms with E-state index in [2.05, 4.69) is 20.5 Å². The average Bonchev–Trinajstić information content (AvgIpc) is 3.13. The molecule has 0 aromatic carbocycles. The lowest BCUT2D eigenvalue weighted by Gasteiger charge is -2.29. The number of nitrogens with zero attached hydrogens (tertiary/aromatic N) is 3. The van der Waals surface area contributed by atoms with Crippen molar-refractivity contribution in [3.8, 4) is 17.1 Å². The summed E-state index contributed by atoms with van der Waals surface area (Å²) >= 11 is 0. The summed E-state index contributed by atoms with van der Waals surface area (Å²) in [4.78, 5) is 3.82. The van der Waals surface area contributed by atoms with E-state index in [4.69, 9.17) is 0 Å². The third-order valence-electron chi connectivity index (χ3n) is 5.51. The van der Waals surface area contributed by atoms with E-state index in [0.29, 0.717) is 30.2 Å². The number of rotatable bonds is 3. The maximum absolute atomic E-state index is 12.8. The Kier molecular flexibility index (Phi) is 4.86. The van der Waals surface area contributed by atoms with E-state index < -0.39 is 23.6 Å². The Morgan fingerprint density at radius 2 is 1.75 bits per heavy atom. The second-order valence-electron chi connectivity index (χ2n) is 7.40. The molecule has 2 aromatic heterocycles. The molecule has 0 bridgehead atoms. The predicted molar refractivity (Wildman–Crippen MR) is 95.8 cm³/mol. The second kappa shape index (κ2) is 7.20. The van der Waals surface area contributed by atoms with Gasteiger partial charge in [0.1, 0.15) is 17.1 Å². The molecular weight excluding hydrogens is 373 g/mol. The van der Waals surface area contributed by atoms with Crippen LogP contribution in [-0.4, -0.2) is 37.5 Å². The number of aromatic hydroxyl groups is 1. The number of nitrogens with one attached hydrogen (secondary N) is 1. The van der Waals surface area contributed by atoms with Crippen molar-refractivity contribution in [3.63, 3.8) is 0 Å². The van der Waals surface area contributed by atoms with Gasteiger partial charge in [0.25, 0.3) is 0 Å². The van der Waals surface area contributed by atoms with Crippen LogP contribution < -0.4 is 5.32 Å². The van der Waals surface area contributed by atoms with Gasteiger partial charge in [0.2, 0.25) is 0 Å². The molecule has 28 heavy (non-hydrogen) atoms. The van der Waals surface area contributed by atoms with E-state index in [9.17, 15) is 23.4 Å². The van der Waals surface area contributed by atoms with E-state index >= 15 is 0 Å². The third kappa shape index (κ3) is 3.50. The van der Waals surface area contributed by atoms with E-state index in [1.165, 1.54) is 0 Å². The number of alkyl halides is 3. The lowest BCUT2D eigenvalue weighted by atomic mass is 9.92. The largest absolute Gasteiger partial charge is 0.506 e. The first-order chi connectivity index (χ1) is 13.3. The summed E-state index contributed by atoms with van der Waals surface area (Å²) in [7, 11) is 0. The highest BCUT2D eigenvalue weighted by Gasteiger charge is 2.33.